The lowest BCUT2D eigenvalue weighted by molar-refractivity contribution is 0.590. The van der Waals surface area contributed by atoms with E-state index in [0.717, 1.165) is 0 Å². The molecule has 4 aliphatic carbocycles. The number of nitrogens with zero attached hydrogens (tertiary/aromatic N) is 2. The van der Waals surface area contributed by atoms with Crippen molar-refractivity contribution in [1.29, 1.82) is 0 Å². The van der Waals surface area contributed by atoms with E-state index in [-0.39, 0.29) is 17.5 Å². The minimum atomic E-state index is -0.483. The van der Waals surface area contributed by atoms with Gasteiger partial charge in [-0.1, -0.05) is 211 Å². The van der Waals surface area contributed by atoms with Crippen LogP contribution in [0.15, 0.2) is 206 Å². The standard InChI is InChI=1S/C73H55BN2S2/c1-42-40-59-63-60(41-42)76(46-38-34-44(35-39-46)71(5,6)7)65-62-52-25-13-19-31-58(52)73(55-28-16-10-22-49(55)50-23-11-17-29-56(50)73)67(62)78-69(65)74(63)68-64(75(59)45-36-32-43(33-37-45)70(2,3)4)61-51-24-12-18-30-57(51)72(66(61)77-68)53-26-14-8-20-47(53)48-21-9-15-27-54(48)72/h8-41H,1-7H3. The fraction of sp³-hybridized carbons (Fsp3) is 0.151. The highest BCUT2D eigenvalue weighted by Crippen LogP contribution is 2.69. The van der Waals surface area contributed by atoms with Crippen LogP contribution < -0.4 is 24.8 Å². The predicted octanol–water partition coefficient (Wildman–Crippen LogP) is 17.5. The van der Waals surface area contributed by atoms with Crippen molar-refractivity contribution in [2.75, 3.05) is 9.80 Å². The maximum absolute atomic E-state index is 2.70. The van der Waals surface area contributed by atoms with E-state index in [1.807, 2.05) is 0 Å². The van der Waals surface area contributed by atoms with Gasteiger partial charge in [0.2, 0.25) is 0 Å². The molecule has 6 aliphatic rings. The van der Waals surface area contributed by atoms with Gasteiger partial charge < -0.3 is 9.80 Å². The van der Waals surface area contributed by atoms with Crippen LogP contribution in [0.5, 0.6) is 0 Å². The molecule has 0 bridgehead atoms. The highest BCUT2D eigenvalue weighted by Gasteiger charge is 2.60. The van der Waals surface area contributed by atoms with Gasteiger partial charge in [0.05, 0.1) is 22.2 Å². The largest absolute Gasteiger partial charge is 0.310 e. The third-order valence-corrected chi connectivity index (χ3v) is 21.3. The van der Waals surface area contributed by atoms with Crippen molar-refractivity contribution < 1.29 is 0 Å². The molecule has 5 heteroatoms. The fourth-order valence-electron chi connectivity index (χ4n) is 15.4. The van der Waals surface area contributed by atoms with Crippen molar-refractivity contribution in [3.05, 3.63) is 266 Å². The Morgan fingerprint density at radius 1 is 0.372 bits per heavy atom. The Morgan fingerprint density at radius 3 is 0.987 bits per heavy atom. The van der Waals surface area contributed by atoms with E-state index in [4.69, 9.17) is 0 Å². The molecule has 0 saturated carbocycles. The van der Waals surface area contributed by atoms with Crippen LogP contribution in [0.4, 0.5) is 34.1 Å². The number of aryl methyl sites for hydroxylation is 1. The number of benzene rings is 9. The van der Waals surface area contributed by atoms with Gasteiger partial charge in [0.15, 0.2) is 0 Å². The topological polar surface area (TPSA) is 6.48 Å². The summed E-state index contributed by atoms with van der Waals surface area (Å²) in [4.78, 5) is 8.27. The van der Waals surface area contributed by atoms with Crippen LogP contribution >= 0.6 is 22.7 Å². The number of thiophene rings is 2. The molecular weight excluding hydrogens is 980 g/mol. The van der Waals surface area contributed by atoms with Crippen molar-refractivity contribution in [3.63, 3.8) is 0 Å². The molecule has 0 atom stereocenters. The van der Waals surface area contributed by atoms with Crippen LogP contribution in [0.1, 0.15) is 101 Å². The molecule has 17 rings (SSSR count). The number of anilines is 6. The maximum atomic E-state index is 2.70. The first-order valence-electron chi connectivity index (χ1n) is 27.8. The quantitative estimate of drug-likeness (QED) is 0.159. The molecule has 372 valence electrons. The summed E-state index contributed by atoms with van der Waals surface area (Å²) in [5.41, 5.74) is 30.9. The minimum Gasteiger partial charge on any atom is -0.310 e. The molecule has 0 fully saturated rings. The summed E-state index contributed by atoms with van der Waals surface area (Å²) >= 11 is 4.18. The van der Waals surface area contributed by atoms with Crippen LogP contribution in [0.2, 0.25) is 0 Å². The molecule has 0 N–H and O–H groups in total. The van der Waals surface area contributed by atoms with Crippen molar-refractivity contribution in [2.45, 2.75) is 70.1 Å². The Balaban J connectivity index is 1.03. The van der Waals surface area contributed by atoms with Crippen molar-refractivity contribution >= 4 is 78.5 Å². The van der Waals surface area contributed by atoms with Gasteiger partial charge >= 0.3 is 0 Å². The maximum Gasteiger partial charge on any atom is 0.277 e. The Hall–Kier alpha value is -7.96. The Kier molecular flexibility index (Phi) is 8.79. The van der Waals surface area contributed by atoms with Crippen molar-refractivity contribution in [3.8, 4) is 44.5 Å². The second-order valence-electron chi connectivity index (χ2n) is 24.7. The van der Waals surface area contributed by atoms with E-state index in [0.29, 0.717) is 0 Å². The molecule has 2 nitrogen and oxygen atoms in total. The van der Waals surface area contributed by atoms with E-state index >= 15 is 0 Å². The van der Waals surface area contributed by atoms with Crippen molar-refractivity contribution in [1.82, 2.24) is 0 Å². The van der Waals surface area contributed by atoms with Crippen LogP contribution in [-0.2, 0) is 21.7 Å². The molecule has 0 saturated heterocycles. The second-order valence-corrected chi connectivity index (χ2v) is 26.8. The SMILES string of the molecule is Cc1cc2c3c(c1)N(c1ccc(C(C)(C)C)cc1)c1c(sc4c1-c1ccccc1C41c4ccccc4-c4ccccc41)B3c1sc3c(c1N2c1ccc(C(C)(C)C)cc1)-c1ccccc1C31c2ccccc2-c2ccccc21. The first-order chi connectivity index (χ1) is 37.9. The summed E-state index contributed by atoms with van der Waals surface area (Å²) in [5.74, 6) is 0. The highest BCUT2D eigenvalue weighted by atomic mass is 32.1. The van der Waals surface area contributed by atoms with Crippen LogP contribution in [0.3, 0.4) is 0 Å². The summed E-state index contributed by atoms with van der Waals surface area (Å²) in [6, 6.07) is 80.2. The van der Waals surface area contributed by atoms with Gasteiger partial charge in [0, 0.05) is 53.2 Å². The normalized spacial score (nSPS) is 15.5. The van der Waals surface area contributed by atoms with Gasteiger partial charge in [-0.3, -0.25) is 0 Å². The molecule has 0 radical (unpaired) electrons. The molecule has 9 aromatic carbocycles. The molecule has 78 heavy (non-hydrogen) atoms. The zero-order valence-corrected chi connectivity index (χ0v) is 46.6. The molecule has 0 amide bonds. The van der Waals surface area contributed by atoms with Crippen LogP contribution in [0, 0.1) is 6.92 Å². The van der Waals surface area contributed by atoms with Gasteiger partial charge in [0.1, 0.15) is 0 Å². The lowest BCUT2D eigenvalue weighted by atomic mass is 9.39. The summed E-state index contributed by atoms with van der Waals surface area (Å²) in [6.07, 6.45) is 0. The summed E-state index contributed by atoms with van der Waals surface area (Å²) in [6.45, 7) is 16.2. The van der Waals surface area contributed by atoms with E-state index in [9.17, 15) is 0 Å². The molecule has 4 heterocycles. The van der Waals surface area contributed by atoms with E-state index in [1.54, 1.807) is 0 Å². The molecule has 0 unspecified atom stereocenters. The monoisotopic (exact) mass is 1030 g/mol. The lowest BCUT2D eigenvalue weighted by Crippen LogP contribution is -2.59. The van der Waals surface area contributed by atoms with E-state index < -0.39 is 10.8 Å². The highest BCUT2D eigenvalue weighted by molar-refractivity contribution is 7.37. The second kappa shape index (κ2) is 15.2. The zero-order valence-electron chi connectivity index (χ0n) is 44.9. The number of hydrogen-bond donors (Lipinski definition) is 0. The molecule has 2 aliphatic heterocycles. The van der Waals surface area contributed by atoms with E-state index in [2.05, 4.69) is 287 Å². The first kappa shape index (κ1) is 45.1. The van der Waals surface area contributed by atoms with Gasteiger partial charge in [-0.15, -0.1) is 22.7 Å². The average molecular weight is 1040 g/mol. The number of rotatable bonds is 2. The number of fused-ring (bicyclic) bond motifs is 26. The summed E-state index contributed by atoms with van der Waals surface area (Å²) < 4.78 is 2.85. The predicted molar refractivity (Wildman–Crippen MR) is 331 cm³/mol. The molecule has 2 spiro atoms. The Labute approximate surface area is 466 Å². The van der Waals surface area contributed by atoms with Gasteiger partial charge in [-0.25, -0.2) is 0 Å². The summed E-state index contributed by atoms with van der Waals surface area (Å²) in [7, 11) is 0. The summed E-state index contributed by atoms with van der Waals surface area (Å²) in [5, 5.41) is 0. The van der Waals surface area contributed by atoms with E-state index in [1.165, 1.54) is 153 Å². The smallest absolute Gasteiger partial charge is 0.277 e. The molecule has 11 aromatic rings. The minimum absolute atomic E-state index is 0.00667. The van der Waals surface area contributed by atoms with Crippen LogP contribution in [0.25, 0.3) is 44.5 Å². The first-order valence-corrected chi connectivity index (χ1v) is 29.4. The van der Waals surface area contributed by atoms with Crippen LogP contribution in [-0.4, -0.2) is 6.71 Å². The van der Waals surface area contributed by atoms with Gasteiger partial charge in [-0.05, 0) is 143 Å². The molecular formula is C73H55BN2S2. The third kappa shape index (κ3) is 5.40. The van der Waals surface area contributed by atoms with Gasteiger partial charge in [0.25, 0.3) is 6.71 Å². The van der Waals surface area contributed by atoms with Crippen molar-refractivity contribution in [2.24, 2.45) is 0 Å². The van der Waals surface area contributed by atoms with Gasteiger partial charge in [-0.2, -0.15) is 0 Å². The Bertz CT molecular complexity index is 4070. The lowest BCUT2D eigenvalue weighted by Gasteiger charge is -2.43. The fourth-order valence-corrected chi connectivity index (χ4v) is 18.8. The average Bonchev–Trinajstić information content (AvgIpc) is 2.77. The Morgan fingerprint density at radius 2 is 0.667 bits per heavy atom. The number of hydrogen-bond acceptors (Lipinski definition) is 4. The molecule has 2 aromatic heterocycles. The zero-order chi connectivity index (χ0) is 52.4. The third-order valence-electron chi connectivity index (χ3n) is 18.6.